The Bertz CT molecular complexity index is 571. The number of sulfonamides is 1. The Kier molecular flexibility index (Phi) is 4.13. The van der Waals surface area contributed by atoms with Crippen LogP contribution in [0.1, 0.15) is 13.3 Å². The Labute approximate surface area is 117 Å². The van der Waals surface area contributed by atoms with Gasteiger partial charge in [-0.2, -0.15) is 0 Å². The first-order chi connectivity index (χ1) is 8.91. The fraction of sp³-hybridized carbons (Fsp3) is 0.417. The summed E-state index contributed by atoms with van der Waals surface area (Å²) in [4.78, 5) is 13.5. The molecule has 1 N–H and O–H groups in total. The van der Waals surface area contributed by atoms with Gasteiger partial charge >= 0.3 is 0 Å². The van der Waals surface area contributed by atoms with Crippen molar-refractivity contribution in [2.45, 2.75) is 19.4 Å². The molecule has 0 radical (unpaired) electrons. The van der Waals surface area contributed by atoms with Gasteiger partial charge in [0.2, 0.25) is 15.9 Å². The summed E-state index contributed by atoms with van der Waals surface area (Å²) in [6.45, 7) is 1.91. The highest BCUT2D eigenvalue weighted by Crippen LogP contribution is 2.23. The molecule has 0 aromatic heterocycles. The second-order valence-corrected chi connectivity index (χ2v) is 6.88. The summed E-state index contributed by atoms with van der Waals surface area (Å²) in [6, 6.07) is 6.53. The minimum atomic E-state index is -3.29. The molecule has 0 unspecified atom stereocenters. The van der Waals surface area contributed by atoms with Crippen LogP contribution in [0, 0.1) is 0 Å². The van der Waals surface area contributed by atoms with Gasteiger partial charge in [-0.3, -0.25) is 4.79 Å². The Morgan fingerprint density at radius 2 is 2.00 bits per heavy atom. The number of benzene rings is 1. The molecule has 2 rings (SSSR count). The predicted molar refractivity (Wildman–Crippen MR) is 74.8 cm³/mol. The van der Waals surface area contributed by atoms with Crippen LogP contribution in [0.3, 0.4) is 0 Å². The van der Waals surface area contributed by atoms with Crippen molar-refractivity contribution in [3.63, 3.8) is 0 Å². The number of rotatable bonds is 4. The summed E-state index contributed by atoms with van der Waals surface area (Å²) in [6.07, 6.45) is 0.182. The molecule has 1 aromatic carbocycles. The van der Waals surface area contributed by atoms with E-state index < -0.39 is 10.0 Å². The monoisotopic (exact) mass is 302 g/mol. The highest BCUT2D eigenvalue weighted by atomic mass is 35.5. The fourth-order valence-corrected chi connectivity index (χ4v) is 2.95. The lowest BCUT2D eigenvalue weighted by Crippen LogP contribution is -2.37. The first-order valence-electron chi connectivity index (χ1n) is 5.97. The molecule has 1 amide bonds. The number of hydrogen-bond acceptors (Lipinski definition) is 3. The summed E-state index contributed by atoms with van der Waals surface area (Å²) in [5.41, 5.74) is 0.729. The fourth-order valence-electron chi connectivity index (χ4n) is 1.99. The number of carbonyl (C=O) groups excluding carboxylic acids is 1. The van der Waals surface area contributed by atoms with E-state index in [0.29, 0.717) is 11.6 Å². The van der Waals surface area contributed by atoms with Gasteiger partial charge in [0.05, 0.1) is 5.75 Å². The van der Waals surface area contributed by atoms with Crippen LogP contribution in [0.5, 0.6) is 0 Å². The molecule has 7 heteroatoms. The summed E-state index contributed by atoms with van der Waals surface area (Å²) in [5, 5.41) is 0.596. The van der Waals surface area contributed by atoms with Crippen molar-refractivity contribution in [2.75, 3.05) is 17.2 Å². The summed E-state index contributed by atoms with van der Waals surface area (Å²) >= 11 is 5.79. The zero-order valence-corrected chi connectivity index (χ0v) is 12.0. The maximum atomic E-state index is 11.9. The summed E-state index contributed by atoms with van der Waals surface area (Å²) in [5.74, 6) is -0.0790. The number of carbonyl (C=O) groups is 1. The molecular weight excluding hydrogens is 288 g/mol. The first-order valence-corrected chi connectivity index (χ1v) is 8.00. The first kappa shape index (κ1) is 14.3. The Morgan fingerprint density at radius 3 is 2.58 bits per heavy atom. The molecule has 0 bridgehead atoms. The normalized spacial score (nSPS) is 20.0. The molecule has 104 valence electrons. The van der Waals surface area contributed by atoms with Crippen molar-refractivity contribution in [3.05, 3.63) is 29.3 Å². The van der Waals surface area contributed by atoms with E-state index in [9.17, 15) is 13.2 Å². The van der Waals surface area contributed by atoms with Crippen LogP contribution < -0.4 is 9.62 Å². The van der Waals surface area contributed by atoms with Gasteiger partial charge in [0.15, 0.2) is 0 Å². The average molecular weight is 303 g/mol. The third-order valence-electron chi connectivity index (χ3n) is 2.99. The number of hydrogen-bond donors (Lipinski definition) is 1. The standard InChI is InChI=1S/C12H15ClN2O3S/c1-2-19(17,18)14-10-7-12(16)15(8-10)11-5-3-9(13)4-6-11/h3-6,10,14H,2,7-8H2,1H3/t10-/m0/s1. The van der Waals surface area contributed by atoms with E-state index in [0.717, 1.165) is 5.69 Å². The number of anilines is 1. The predicted octanol–water partition coefficient (Wildman–Crippen LogP) is 1.38. The number of halogens is 1. The zero-order chi connectivity index (χ0) is 14.0. The Hall–Kier alpha value is -1.11. The Balaban J connectivity index is 2.10. The van der Waals surface area contributed by atoms with Crippen LogP contribution in [-0.4, -0.2) is 32.7 Å². The van der Waals surface area contributed by atoms with Crippen LogP contribution in [-0.2, 0) is 14.8 Å². The van der Waals surface area contributed by atoms with Crippen molar-refractivity contribution >= 4 is 33.2 Å². The Morgan fingerprint density at radius 1 is 1.37 bits per heavy atom. The molecule has 1 aromatic rings. The SMILES string of the molecule is CCS(=O)(=O)N[C@H]1CC(=O)N(c2ccc(Cl)cc2)C1. The minimum Gasteiger partial charge on any atom is -0.311 e. The highest BCUT2D eigenvalue weighted by Gasteiger charge is 2.32. The molecule has 1 atom stereocenters. The maximum Gasteiger partial charge on any atom is 0.228 e. The third kappa shape index (κ3) is 3.46. The van der Waals surface area contributed by atoms with Gasteiger partial charge in [-0.15, -0.1) is 0 Å². The van der Waals surface area contributed by atoms with Crippen molar-refractivity contribution in [3.8, 4) is 0 Å². The van der Waals surface area contributed by atoms with Crippen LogP contribution in [0.25, 0.3) is 0 Å². The van der Waals surface area contributed by atoms with Gasteiger partial charge in [-0.05, 0) is 31.2 Å². The number of nitrogens with zero attached hydrogens (tertiary/aromatic N) is 1. The van der Waals surface area contributed by atoms with Crippen molar-refractivity contribution in [1.29, 1.82) is 0 Å². The van der Waals surface area contributed by atoms with Gasteiger partial charge in [0.25, 0.3) is 0 Å². The van der Waals surface area contributed by atoms with E-state index >= 15 is 0 Å². The lowest BCUT2D eigenvalue weighted by Gasteiger charge is -2.17. The quantitative estimate of drug-likeness (QED) is 0.914. The van der Waals surface area contributed by atoms with E-state index in [-0.39, 0.29) is 24.1 Å². The average Bonchev–Trinajstić information content (AvgIpc) is 2.70. The van der Waals surface area contributed by atoms with Crippen molar-refractivity contribution < 1.29 is 13.2 Å². The van der Waals surface area contributed by atoms with Crippen LogP contribution >= 0.6 is 11.6 Å². The topological polar surface area (TPSA) is 66.5 Å². The molecule has 0 aliphatic carbocycles. The minimum absolute atomic E-state index is 0.0125. The van der Waals surface area contributed by atoms with E-state index in [1.54, 1.807) is 36.1 Å². The van der Waals surface area contributed by atoms with E-state index in [1.807, 2.05) is 0 Å². The van der Waals surface area contributed by atoms with Gasteiger partial charge in [0, 0.05) is 29.7 Å². The van der Waals surface area contributed by atoms with E-state index in [1.165, 1.54) is 0 Å². The molecular formula is C12H15ClN2O3S. The molecule has 1 heterocycles. The second-order valence-electron chi connectivity index (χ2n) is 4.40. The second kappa shape index (κ2) is 5.48. The van der Waals surface area contributed by atoms with Gasteiger partial charge in [0.1, 0.15) is 0 Å². The van der Waals surface area contributed by atoms with Gasteiger partial charge in [-0.1, -0.05) is 11.6 Å². The van der Waals surface area contributed by atoms with Crippen LogP contribution in [0.4, 0.5) is 5.69 Å². The van der Waals surface area contributed by atoms with Crippen LogP contribution in [0.15, 0.2) is 24.3 Å². The van der Waals surface area contributed by atoms with E-state index in [4.69, 9.17) is 11.6 Å². The molecule has 0 spiro atoms. The van der Waals surface area contributed by atoms with Crippen molar-refractivity contribution in [2.24, 2.45) is 0 Å². The molecule has 5 nitrogen and oxygen atoms in total. The van der Waals surface area contributed by atoms with Crippen LogP contribution in [0.2, 0.25) is 5.02 Å². The summed E-state index contributed by atoms with van der Waals surface area (Å²) < 4.78 is 25.5. The molecule has 1 saturated heterocycles. The molecule has 1 aliphatic heterocycles. The maximum absolute atomic E-state index is 11.9. The molecule has 1 aliphatic rings. The lowest BCUT2D eigenvalue weighted by molar-refractivity contribution is -0.117. The largest absolute Gasteiger partial charge is 0.311 e. The number of amides is 1. The molecule has 1 fully saturated rings. The highest BCUT2D eigenvalue weighted by molar-refractivity contribution is 7.89. The van der Waals surface area contributed by atoms with Gasteiger partial charge in [-0.25, -0.2) is 13.1 Å². The smallest absolute Gasteiger partial charge is 0.228 e. The van der Waals surface area contributed by atoms with E-state index in [2.05, 4.69) is 4.72 Å². The number of nitrogens with one attached hydrogen (secondary N) is 1. The van der Waals surface area contributed by atoms with Crippen molar-refractivity contribution in [1.82, 2.24) is 4.72 Å². The lowest BCUT2D eigenvalue weighted by atomic mass is 10.3. The molecule has 0 saturated carbocycles. The zero-order valence-electron chi connectivity index (χ0n) is 10.5. The summed E-state index contributed by atoms with van der Waals surface area (Å²) in [7, 11) is -3.29. The molecule has 19 heavy (non-hydrogen) atoms. The van der Waals surface area contributed by atoms with Gasteiger partial charge < -0.3 is 4.90 Å². The third-order valence-corrected chi connectivity index (χ3v) is 4.69.